The van der Waals surface area contributed by atoms with Crippen molar-refractivity contribution in [2.45, 2.75) is 44.3 Å². The molecule has 2 atom stereocenters. The van der Waals surface area contributed by atoms with Crippen LogP contribution in [-0.4, -0.2) is 45.7 Å². The lowest BCUT2D eigenvalue weighted by Crippen LogP contribution is -2.39. The van der Waals surface area contributed by atoms with Gasteiger partial charge in [-0.05, 0) is 37.9 Å². The highest BCUT2D eigenvalue weighted by atomic mass is 16.4. The Kier molecular flexibility index (Phi) is 8.31. The van der Waals surface area contributed by atoms with Gasteiger partial charge in [0.2, 0.25) is 5.91 Å². The van der Waals surface area contributed by atoms with Gasteiger partial charge in [-0.1, -0.05) is 84.9 Å². The minimum absolute atomic E-state index is 0.0691. The maximum atomic E-state index is 13.5. The Morgan fingerprint density at radius 3 is 2.38 bits per heavy atom. The van der Waals surface area contributed by atoms with Crippen LogP contribution in [0.1, 0.15) is 42.9 Å². The fourth-order valence-corrected chi connectivity index (χ4v) is 4.73. The van der Waals surface area contributed by atoms with Crippen LogP contribution >= 0.6 is 0 Å². The Labute approximate surface area is 218 Å². The topological polar surface area (TPSA) is 82.0 Å². The standard InChI is InChI=1S/C31H33N3O3/c1-3-20-31(2,30(36)37)33-28(24-15-8-5-9-16-24)25-17-10-11-18-26(25)32-29(35)27-19-12-21-34(27)22-23-13-6-4-7-14-23/h3-11,13-18,27H,1,12,19-22H2,2H3,(H,32,35)(H,36,37)/t27-,31+/m0/s1. The van der Waals surface area contributed by atoms with E-state index >= 15 is 0 Å². The molecule has 37 heavy (non-hydrogen) atoms. The zero-order valence-electron chi connectivity index (χ0n) is 21.1. The maximum Gasteiger partial charge on any atom is 0.331 e. The van der Waals surface area contributed by atoms with Crippen molar-refractivity contribution in [1.29, 1.82) is 0 Å². The first-order chi connectivity index (χ1) is 17.9. The highest BCUT2D eigenvalue weighted by Gasteiger charge is 2.34. The Morgan fingerprint density at radius 1 is 1.05 bits per heavy atom. The van der Waals surface area contributed by atoms with Gasteiger partial charge in [0.05, 0.1) is 17.4 Å². The molecule has 4 rings (SSSR count). The molecule has 1 aliphatic rings. The summed E-state index contributed by atoms with van der Waals surface area (Å²) in [6, 6.07) is 26.8. The number of carboxylic acid groups (broad SMARTS) is 1. The van der Waals surface area contributed by atoms with Crippen molar-refractivity contribution < 1.29 is 14.7 Å². The molecule has 0 unspecified atom stereocenters. The molecule has 0 radical (unpaired) electrons. The lowest BCUT2D eigenvalue weighted by atomic mass is 9.95. The second kappa shape index (κ2) is 11.8. The number of rotatable bonds is 10. The van der Waals surface area contributed by atoms with Crippen LogP contribution in [0.25, 0.3) is 0 Å². The molecule has 1 fully saturated rings. The van der Waals surface area contributed by atoms with Gasteiger partial charge < -0.3 is 10.4 Å². The van der Waals surface area contributed by atoms with Gasteiger partial charge >= 0.3 is 5.97 Å². The summed E-state index contributed by atoms with van der Waals surface area (Å²) >= 11 is 0. The smallest absolute Gasteiger partial charge is 0.331 e. The highest BCUT2D eigenvalue weighted by molar-refractivity contribution is 6.18. The lowest BCUT2D eigenvalue weighted by molar-refractivity contribution is -0.142. The van der Waals surface area contributed by atoms with E-state index in [0.717, 1.165) is 31.5 Å². The molecule has 1 aliphatic heterocycles. The number of amides is 1. The van der Waals surface area contributed by atoms with Crippen molar-refractivity contribution in [3.63, 3.8) is 0 Å². The summed E-state index contributed by atoms with van der Waals surface area (Å²) in [4.78, 5) is 32.7. The van der Waals surface area contributed by atoms with Crippen LogP contribution in [0, 0.1) is 0 Å². The minimum atomic E-state index is -1.40. The van der Waals surface area contributed by atoms with E-state index in [-0.39, 0.29) is 18.4 Å². The molecule has 1 saturated heterocycles. The third kappa shape index (κ3) is 6.22. The number of anilines is 1. The molecule has 0 aromatic heterocycles. The van der Waals surface area contributed by atoms with Crippen molar-refractivity contribution in [2.75, 3.05) is 11.9 Å². The summed E-state index contributed by atoms with van der Waals surface area (Å²) in [5, 5.41) is 13.1. The van der Waals surface area contributed by atoms with E-state index in [2.05, 4.69) is 28.9 Å². The molecule has 6 nitrogen and oxygen atoms in total. The van der Waals surface area contributed by atoms with Crippen molar-refractivity contribution in [2.24, 2.45) is 4.99 Å². The van der Waals surface area contributed by atoms with Gasteiger partial charge in [-0.2, -0.15) is 0 Å². The third-order valence-corrected chi connectivity index (χ3v) is 6.74. The predicted octanol–water partition coefficient (Wildman–Crippen LogP) is 5.55. The molecule has 0 saturated carbocycles. The first kappa shape index (κ1) is 26.0. The van der Waals surface area contributed by atoms with Crippen LogP contribution in [-0.2, 0) is 16.1 Å². The Balaban J connectivity index is 1.67. The van der Waals surface area contributed by atoms with Gasteiger partial charge in [0.15, 0.2) is 5.54 Å². The van der Waals surface area contributed by atoms with Crippen molar-refractivity contribution >= 4 is 23.3 Å². The van der Waals surface area contributed by atoms with Crippen LogP contribution in [0.5, 0.6) is 0 Å². The molecular formula is C31H33N3O3. The zero-order valence-corrected chi connectivity index (χ0v) is 21.1. The maximum absolute atomic E-state index is 13.5. The van der Waals surface area contributed by atoms with Gasteiger partial charge in [-0.25, -0.2) is 4.79 Å². The molecule has 1 heterocycles. The summed E-state index contributed by atoms with van der Waals surface area (Å²) in [6.07, 6.45) is 3.48. The van der Waals surface area contributed by atoms with Crippen LogP contribution in [0.2, 0.25) is 0 Å². The third-order valence-electron chi connectivity index (χ3n) is 6.74. The van der Waals surface area contributed by atoms with E-state index in [1.54, 1.807) is 13.0 Å². The number of likely N-dealkylation sites (tertiary alicyclic amines) is 1. The molecule has 0 bridgehead atoms. The van der Waals surface area contributed by atoms with E-state index < -0.39 is 11.5 Å². The second-order valence-electron chi connectivity index (χ2n) is 9.55. The largest absolute Gasteiger partial charge is 0.479 e. The molecule has 1 amide bonds. The number of carbonyl (C=O) groups is 2. The number of hydrogen-bond donors (Lipinski definition) is 2. The van der Waals surface area contributed by atoms with E-state index in [9.17, 15) is 14.7 Å². The molecule has 3 aromatic carbocycles. The Bertz CT molecular complexity index is 1270. The van der Waals surface area contributed by atoms with Gasteiger partial charge in [0.25, 0.3) is 0 Å². The highest BCUT2D eigenvalue weighted by Crippen LogP contribution is 2.27. The van der Waals surface area contributed by atoms with Crippen LogP contribution < -0.4 is 5.32 Å². The summed E-state index contributed by atoms with van der Waals surface area (Å²) < 4.78 is 0. The first-order valence-electron chi connectivity index (χ1n) is 12.6. The summed E-state index contributed by atoms with van der Waals surface area (Å²) in [5.41, 5.74) is 2.33. The zero-order chi connectivity index (χ0) is 26.3. The van der Waals surface area contributed by atoms with E-state index in [1.165, 1.54) is 5.56 Å². The quantitative estimate of drug-likeness (QED) is 0.286. The number of hydrogen-bond acceptors (Lipinski definition) is 4. The molecule has 6 heteroatoms. The summed E-state index contributed by atoms with van der Waals surface area (Å²) in [6.45, 7) is 6.89. The summed E-state index contributed by atoms with van der Waals surface area (Å²) in [7, 11) is 0. The fraction of sp³-hybridized carbons (Fsp3) is 0.258. The van der Waals surface area contributed by atoms with Crippen LogP contribution in [0.4, 0.5) is 5.69 Å². The average Bonchev–Trinajstić information content (AvgIpc) is 3.37. The minimum Gasteiger partial charge on any atom is -0.479 e. The molecule has 190 valence electrons. The van der Waals surface area contributed by atoms with Gasteiger partial charge in [0.1, 0.15) is 0 Å². The number of aliphatic imine (C=N–C) groups is 1. The fourth-order valence-electron chi connectivity index (χ4n) is 4.73. The number of carboxylic acids is 1. The van der Waals surface area contributed by atoms with Gasteiger partial charge in [0, 0.05) is 24.1 Å². The number of para-hydroxylation sites is 1. The Hall–Kier alpha value is -4.03. The number of aliphatic carboxylic acids is 1. The molecule has 2 N–H and O–H groups in total. The summed E-state index contributed by atoms with van der Waals surface area (Å²) in [5.74, 6) is -1.11. The van der Waals surface area contributed by atoms with E-state index in [1.807, 2.05) is 72.8 Å². The van der Waals surface area contributed by atoms with E-state index in [4.69, 9.17) is 4.99 Å². The molecule has 0 spiro atoms. The molecular weight excluding hydrogens is 462 g/mol. The van der Waals surface area contributed by atoms with Crippen molar-refractivity contribution in [3.05, 3.63) is 114 Å². The van der Waals surface area contributed by atoms with Gasteiger partial charge in [-0.15, -0.1) is 6.58 Å². The monoisotopic (exact) mass is 495 g/mol. The number of benzene rings is 3. The average molecular weight is 496 g/mol. The number of nitrogens with zero attached hydrogens (tertiary/aromatic N) is 2. The normalized spacial score (nSPS) is 17.6. The lowest BCUT2D eigenvalue weighted by Gasteiger charge is -2.25. The first-order valence-corrected chi connectivity index (χ1v) is 12.6. The van der Waals surface area contributed by atoms with Crippen molar-refractivity contribution in [3.8, 4) is 0 Å². The second-order valence-corrected chi connectivity index (χ2v) is 9.55. The predicted molar refractivity (Wildman–Crippen MR) is 148 cm³/mol. The molecule has 0 aliphatic carbocycles. The van der Waals surface area contributed by atoms with E-state index in [0.29, 0.717) is 17.0 Å². The van der Waals surface area contributed by atoms with Gasteiger partial charge in [-0.3, -0.25) is 14.7 Å². The van der Waals surface area contributed by atoms with Crippen LogP contribution in [0.3, 0.4) is 0 Å². The SMILES string of the molecule is C=CC[C@@](C)(N=C(c1ccccc1)c1ccccc1NC(=O)[C@@H]1CCCN1Cc1ccccc1)C(=O)O. The Morgan fingerprint density at radius 2 is 1.70 bits per heavy atom. The number of nitrogens with one attached hydrogen (secondary N) is 1. The van der Waals surface area contributed by atoms with Crippen LogP contribution in [0.15, 0.2) is 103 Å². The number of carbonyl (C=O) groups excluding carboxylic acids is 1. The molecule has 3 aromatic rings. The van der Waals surface area contributed by atoms with Crippen molar-refractivity contribution in [1.82, 2.24) is 4.90 Å².